The highest BCUT2D eigenvalue weighted by atomic mass is 15.3. The van der Waals surface area contributed by atoms with Crippen molar-refractivity contribution in [3.05, 3.63) is 47.7 Å². The van der Waals surface area contributed by atoms with Crippen LogP contribution < -0.4 is 5.32 Å². The lowest BCUT2D eigenvalue weighted by atomic mass is 10.1. The highest BCUT2D eigenvalue weighted by Gasteiger charge is 2.09. The van der Waals surface area contributed by atoms with E-state index in [9.17, 15) is 0 Å². The molecule has 0 amide bonds. The Bertz CT molecular complexity index is 738. The molecule has 1 N–H and O–H groups in total. The fraction of sp³-hybridized carbons (Fsp3) is 0.333. The summed E-state index contributed by atoms with van der Waals surface area (Å²) in [6.07, 6.45) is 2.12. The van der Waals surface area contributed by atoms with Crippen LogP contribution >= 0.6 is 0 Å². The van der Waals surface area contributed by atoms with Gasteiger partial charge in [-0.2, -0.15) is 0 Å². The van der Waals surface area contributed by atoms with Gasteiger partial charge in [-0.05, 0) is 31.7 Å². The van der Waals surface area contributed by atoms with Crippen molar-refractivity contribution in [2.75, 3.05) is 7.05 Å². The molecule has 0 aliphatic rings. The van der Waals surface area contributed by atoms with Crippen molar-refractivity contribution in [1.82, 2.24) is 24.6 Å². The minimum absolute atomic E-state index is 0.740. The van der Waals surface area contributed by atoms with Gasteiger partial charge in [0.1, 0.15) is 5.82 Å². The summed E-state index contributed by atoms with van der Waals surface area (Å²) in [6.45, 7) is 3.59. The Labute approximate surface area is 118 Å². The van der Waals surface area contributed by atoms with Crippen LogP contribution in [-0.4, -0.2) is 26.4 Å². The Morgan fingerprint density at radius 2 is 2.05 bits per heavy atom. The van der Waals surface area contributed by atoms with Crippen molar-refractivity contribution in [1.29, 1.82) is 0 Å². The zero-order chi connectivity index (χ0) is 14.1. The second-order valence-electron chi connectivity index (χ2n) is 5.05. The average Bonchev–Trinajstić information content (AvgIpc) is 2.99. The highest BCUT2D eigenvalue weighted by molar-refractivity contribution is 5.83. The summed E-state index contributed by atoms with van der Waals surface area (Å²) in [5.41, 5.74) is 2.55. The average molecular weight is 269 g/mol. The molecule has 1 aromatic carbocycles. The number of aryl methyl sites for hydroxylation is 1. The van der Waals surface area contributed by atoms with Crippen molar-refractivity contribution in [2.24, 2.45) is 7.05 Å². The van der Waals surface area contributed by atoms with E-state index < -0.39 is 0 Å². The summed E-state index contributed by atoms with van der Waals surface area (Å²) in [7, 11) is 3.97. The van der Waals surface area contributed by atoms with Gasteiger partial charge in [0.25, 0.3) is 0 Å². The van der Waals surface area contributed by atoms with Gasteiger partial charge in [0.15, 0.2) is 5.82 Å². The molecular weight excluding hydrogens is 250 g/mol. The van der Waals surface area contributed by atoms with Crippen LogP contribution in [0.2, 0.25) is 0 Å². The molecule has 3 rings (SSSR count). The zero-order valence-corrected chi connectivity index (χ0v) is 12.1. The predicted molar refractivity (Wildman–Crippen MR) is 79.5 cm³/mol. The minimum atomic E-state index is 0.740. The monoisotopic (exact) mass is 269 g/mol. The fourth-order valence-corrected chi connectivity index (χ4v) is 2.51. The summed E-state index contributed by atoms with van der Waals surface area (Å²) in [4.78, 5) is 0. The molecule has 0 aliphatic heterocycles. The van der Waals surface area contributed by atoms with Gasteiger partial charge in [0, 0.05) is 30.7 Å². The maximum atomic E-state index is 4.24. The van der Waals surface area contributed by atoms with E-state index in [0.29, 0.717) is 0 Å². The summed E-state index contributed by atoms with van der Waals surface area (Å²) in [5.74, 6) is 1.91. The number of rotatable bonds is 4. The van der Waals surface area contributed by atoms with Crippen LogP contribution in [0, 0.1) is 6.92 Å². The summed E-state index contributed by atoms with van der Waals surface area (Å²) >= 11 is 0. The lowest BCUT2D eigenvalue weighted by Crippen LogP contribution is -2.07. The van der Waals surface area contributed by atoms with E-state index in [4.69, 9.17) is 0 Å². The van der Waals surface area contributed by atoms with Gasteiger partial charge in [-0.1, -0.05) is 12.1 Å². The molecule has 2 aromatic heterocycles. The number of benzene rings is 1. The molecule has 2 heterocycles. The smallest absolute Gasteiger partial charge is 0.152 e. The van der Waals surface area contributed by atoms with Crippen molar-refractivity contribution in [3.8, 4) is 0 Å². The van der Waals surface area contributed by atoms with Crippen molar-refractivity contribution < 1.29 is 0 Å². The molecule has 0 unspecified atom stereocenters. The van der Waals surface area contributed by atoms with Crippen LogP contribution in [0.5, 0.6) is 0 Å². The summed E-state index contributed by atoms with van der Waals surface area (Å²) in [6, 6.07) is 8.59. The molecule has 20 heavy (non-hydrogen) atoms. The van der Waals surface area contributed by atoms with E-state index in [1.54, 1.807) is 0 Å². The molecule has 0 aliphatic carbocycles. The van der Waals surface area contributed by atoms with Crippen LogP contribution in [-0.2, 0) is 20.1 Å². The Kier molecular flexibility index (Phi) is 3.28. The van der Waals surface area contributed by atoms with Gasteiger partial charge in [0.05, 0.1) is 6.54 Å². The maximum Gasteiger partial charge on any atom is 0.152 e. The van der Waals surface area contributed by atoms with E-state index in [0.717, 1.165) is 24.7 Å². The highest BCUT2D eigenvalue weighted by Crippen LogP contribution is 2.21. The molecule has 0 bridgehead atoms. The lowest BCUT2D eigenvalue weighted by molar-refractivity contribution is 0.708. The van der Waals surface area contributed by atoms with E-state index in [-0.39, 0.29) is 0 Å². The molecule has 0 saturated heterocycles. The molecule has 0 saturated carbocycles. The SMILES string of the molecule is CNCc1cccc2c1ccn2Cc1nnc(C)n1C. The van der Waals surface area contributed by atoms with Crippen molar-refractivity contribution in [2.45, 2.75) is 20.0 Å². The third-order valence-corrected chi connectivity index (χ3v) is 3.77. The molecule has 3 aromatic rings. The number of nitrogens with zero attached hydrogens (tertiary/aromatic N) is 4. The van der Waals surface area contributed by atoms with Crippen LogP contribution in [0.15, 0.2) is 30.5 Å². The normalized spacial score (nSPS) is 11.3. The second-order valence-corrected chi connectivity index (χ2v) is 5.05. The first kappa shape index (κ1) is 12.9. The Morgan fingerprint density at radius 3 is 2.75 bits per heavy atom. The fourth-order valence-electron chi connectivity index (χ4n) is 2.51. The van der Waals surface area contributed by atoms with Gasteiger partial charge in [0.2, 0.25) is 0 Å². The van der Waals surface area contributed by atoms with Gasteiger partial charge >= 0.3 is 0 Å². The molecule has 0 atom stereocenters. The second kappa shape index (κ2) is 5.09. The van der Waals surface area contributed by atoms with Crippen LogP contribution in [0.4, 0.5) is 0 Å². The molecule has 5 heteroatoms. The van der Waals surface area contributed by atoms with Crippen LogP contribution in [0.25, 0.3) is 10.9 Å². The van der Waals surface area contributed by atoms with E-state index in [1.807, 2.05) is 25.6 Å². The molecule has 0 spiro atoms. The van der Waals surface area contributed by atoms with Gasteiger partial charge in [-0.15, -0.1) is 10.2 Å². The van der Waals surface area contributed by atoms with E-state index >= 15 is 0 Å². The van der Waals surface area contributed by atoms with Gasteiger partial charge < -0.3 is 14.5 Å². The number of hydrogen-bond donors (Lipinski definition) is 1. The summed E-state index contributed by atoms with van der Waals surface area (Å²) < 4.78 is 4.25. The molecular formula is C15H19N5. The molecule has 0 radical (unpaired) electrons. The maximum absolute atomic E-state index is 4.24. The number of aromatic nitrogens is 4. The third-order valence-electron chi connectivity index (χ3n) is 3.77. The van der Waals surface area contributed by atoms with Crippen LogP contribution in [0.1, 0.15) is 17.2 Å². The third kappa shape index (κ3) is 2.10. The van der Waals surface area contributed by atoms with Crippen molar-refractivity contribution >= 4 is 10.9 Å². The van der Waals surface area contributed by atoms with E-state index in [1.165, 1.54) is 16.5 Å². The Morgan fingerprint density at radius 1 is 1.20 bits per heavy atom. The van der Waals surface area contributed by atoms with Crippen LogP contribution in [0.3, 0.4) is 0 Å². The van der Waals surface area contributed by atoms with Gasteiger partial charge in [-0.3, -0.25) is 0 Å². The quantitative estimate of drug-likeness (QED) is 0.786. The van der Waals surface area contributed by atoms with Gasteiger partial charge in [-0.25, -0.2) is 0 Å². The molecule has 104 valence electrons. The first-order valence-electron chi connectivity index (χ1n) is 6.77. The molecule has 5 nitrogen and oxygen atoms in total. The lowest BCUT2D eigenvalue weighted by Gasteiger charge is -2.07. The topological polar surface area (TPSA) is 47.7 Å². The standard InChI is InChI=1S/C15H19N5/c1-11-17-18-15(19(11)3)10-20-8-7-13-12(9-16-2)5-4-6-14(13)20/h4-8,16H,9-10H2,1-3H3. The van der Waals surface area contributed by atoms with Crippen molar-refractivity contribution in [3.63, 3.8) is 0 Å². The minimum Gasteiger partial charge on any atom is -0.340 e. The summed E-state index contributed by atoms with van der Waals surface area (Å²) in [5, 5.41) is 12.9. The Balaban J connectivity index is 2.00. The zero-order valence-electron chi connectivity index (χ0n) is 12.1. The number of nitrogens with one attached hydrogen (secondary N) is 1. The Hall–Kier alpha value is -2.14. The number of hydrogen-bond acceptors (Lipinski definition) is 3. The first-order valence-corrected chi connectivity index (χ1v) is 6.77. The first-order chi connectivity index (χ1) is 9.70. The van der Waals surface area contributed by atoms with E-state index in [2.05, 4.69) is 50.5 Å². The largest absolute Gasteiger partial charge is 0.340 e. The number of fused-ring (bicyclic) bond motifs is 1. The molecule has 0 fully saturated rings. The predicted octanol–water partition coefficient (Wildman–Crippen LogP) is 1.85.